The summed E-state index contributed by atoms with van der Waals surface area (Å²) in [5, 5.41) is 2.79. The molecule has 3 rings (SSSR count). The fourth-order valence-electron chi connectivity index (χ4n) is 2.60. The Balaban J connectivity index is 2.10. The van der Waals surface area contributed by atoms with Gasteiger partial charge in [0.25, 0.3) is 0 Å². The normalized spacial score (nSPS) is 11.9. The average Bonchev–Trinajstić information content (AvgIpc) is 2.58. The molecule has 0 aromatic heterocycles. The summed E-state index contributed by atoms with van der Waals surface area (Å²) >= 11 is 0. The van der Waals surface area contributed by atoms with E-state index in [1.807, 2.05) is 0 Å². The summed E-state index contributed by atoms with van der Waals surface area (Å²) in [6.07, 6.45) is 0. The molecule has 0 aliphatic carbocycles. The lowest BCUT2D eigenvalue weighted by Gasteiger charge is -2.31. The number of anilines is 1. The van der Waals surface area contributed by atoms with Crippen LogP contribution in [-0.2, 0) is 0 Å². The first-order chi connectivity index (χ1) is 10.8. The van der Waals surface area contributed by atoms with Crippen LogP contribution in [0.25, 0.3) is 0 Å². The average molecular weight is 305 g/mol. The highest BCUT2D eigenvalue weighted by molar-refractivity contribution is 7.74. The summed E-state index contributed by atoms with van der Waals surface area (Å²) in [5.41, 5.74) is 2.60. The summed E-state index contributed by atoms with van der Waals surface area (Å²) < 4.78 is 2.41. The van der Waals surface area contributed by atoms with E-state index in [-0.39, 0.29) is 0 Å². The zero-order valence-corrected chi connectivity index (χ0v) is 13.9. The number of benzene rings is 3. The third-order valence-electron chi connectivity index (χ3n) is 3.77. The van der Waals surface area contributed by atoms with Crippen LogP contribution in [-0.4, -0.2) is 7.05 Å². The van der Waals surface area contributed by atoms with Crippen molar-refractivity contribution in [1.82, 2.24) is 0 Å². The van der Waals surface area contributed by atoms with Crippen molar-refractivity contribution in [2.75, 3.05) is 11.7 Å². The molecule has 2 heteroatoms. The lowest BCUT2D eigenvalue weighted by Crippen LogP contribution is -2.26. The van der Waals surface area contributed by atoms with Crippen LogP contribution in [0.3, 0.4) is 0 Å². The van der Waals surface area contributed by atoms with Gasteiger partial charge in [0.1, 0.15) is 0 Å². The van der Waals surface area contributed by atoms with Gasteiger partial charge in [-0.3, -0.25) is 0 Å². The highest BCUT2D eigenvalue weighted by atomic mass is 31.1. The Bertz CT molecular complexity index is 725. The Morgan fingerprint density at radius 3 is 1.86 bits per heavy atom. The molecule has 110 valence electrons. The van der Waals surface area contributed by atoms with Gasteiger partial charge in [-0.05, 0) is 24.6 Å². The minimum atomic E-state index is -0.576. The number of rotatable bonds is 4. The van der Waals surface area contributed by atoms with Crippen molar-refractivity contribution in [2.24, 2.45) is 0 Å². The molecule has 0 radical (unpaired) electrons. The minimum Gasteiger partial charge on any atom is -0.346 e. The predicted octanol–water partition coefficient (Wildman–Crippen LogP) is 4.48. The summed E-state index contributed by atoms with van der Waals surface area (Å²) in [6.45, 7) is 2.20. The van der Waals surface area contributed by atoms with Crippen molar-refractivity contribution in [2.45, 2.75) is 6.92 Å². The maximum atomic E-state index is 2.41. The molecule has 0 N–H and O–H groups in total. The minimum absolute atomic E-state index is 0.576. The Kier molecular flexibility index (Phi) is 4.56. The van der Waals surface area contributed by atoms with E-state index >= 15 is 0 Å². The molecule has 3 aromatic carbocycles. The van der Waals surface area contributed by atoms with Crippen LogP contribution in [0, 0.1) is 6.92 Å². The second-order valence-corrected chi connectivity index (χ2v) is 7.51. The number of hydrogen-bond acceptors (Lipinski definition) is 1. The molecule has 0 aliphatic heterocycles. The van der Waals surface area contributed by atoms with Gasteiger partial charge in [-0.25, -0.2) is 0 Å². The molecule has 0 amide bonds. The number of hydrogen-bond donors (Lipinski definition) is 0. The maximum absolute atomic E-state index is 2.41. The van der Waals surface area contributed by atoms with Gasteiger partial charge >= 0.3 is 0 Å². The lowest BCUT2D eigenvalue weighted by atomic mass is 10.2. The third-order valence-corrected chi connectivity index (χ3v) is 6.35. The highest BCUT2D eigenvalue weighted by Crippen LogP contribution is 2.41. The molecule has 0 bridgehead atoms. The Labute approximate surface area is 134 Å². The van der Waals surface area contributed by atoms with Crippen LogP contribution in [0.15, 0.2) is 84.9 Å². The first kappa shape index (κ1) is 14.8. The van der Waals surface area contributed by atoms with Crippen molar-refractivity contribution in [3.8, 4) is 0 Å². The fraction of sp³-hybridized carbons (Fsp3) is 0.100. The zero-order valence-electron chi connectivity index (χ0n) is 13.0. The molecule has 0 heterocycles. The monoisotopic (exact) mass is 305 g/mol. The van der Waals surface area contributed by atoms with Crippen LogP contribution in [0.2, 0.25) is 0 Å². The van der Waals surface area contributed by atoms with Gasteiger partial charge in [0.15, 0.2) is 0 Å². The first-order valence-electron chi connectivity index (χ1n) is 7.47. The molecule has 1 unspecified atom stereocenters. The Morgan fingerprint density at radius 1 is 0.682 bits per heavy atom. The van der Waals surface area contributed by atoms with Crippen molar-refractivity contribution < 1.29 is 0 Å². The fourth-order valence-corrected chi connectivity index (χ4v) is 5.01. The van der Waals surface area contributed by atoms with Crippen LogP contribution >= 0.6 is 8.07 Å². The summed E-state index contributed by atoms with van der Waals surface area (Å²) in [5.74, 6) is 0. The van der Waals surface area contributed by atoms with Gasteiger partial charge in [0.05, 0.1) is 8.07 Å². The largest absolute Gasteiger partial charge is 0.346 e. The molecule has 1 atom stereocenters. The maximum Gasteiger partial charge on any atom is 0.0550 e. The molecule has 0 saturated heterocycles. The smallest absolute Gasteiger partial charge is 0.0550 e. The van der Waals surface area contributed by atoms with Crippen molar-refractivity contribution in [1.29, 1.82) is 0 Å². The summed E-state index contributed by atoms with van der Waals surface area (Å²) in [7, 11) is 1.62. The molecular formula is C20H20NP. The SMILES string of the molecule is Cc1ccccc1P(c1ccccc1)N(C)c1ccccc1. The van der Waals surface area contributed by atoms with Gasteiger partial charge in [-0.2, -0.15) is 0 Å². The molecule has 0 saturated carbocycles. The highest BCUT2D eigenvalue weighted by Gasteiger charge is 2.21. The Morgan fingerprint density at radius 2 is 1.23 bits per heavy atom. The standard InChI is InChI=1S/C20H20NP/c1-17-11-9-10-16-20(17)22(19-14-7-4-8-15-19)21(2)18-12-5-3-6-13-18/h3-16H,1-2H3. The molecule has 0 spiro atoms. The van der Waals surface area contributed by atoms with Crippen LogP contribution in [0.5, 0.6) is 0 Å². The van der Waals surface area contributed by atoms with Gasteiger partial charge in [-0.15, -0.1) is 0 Å². The van der Waals surface area contributed by atoms with E-state index in [2.05, 4.69) is 104 Å². The number of para-hydroxylation sites is 1. The predicted molar refractivity (Wildman–Crippen MR) is 98.7 cm³/mol. The molecule has 22 heavy (non-hydrogen) atoms. The summed E-state index contributed by atoms with van der Waals surface area (Å²) in [6, 6.07) is 30.1. The lowest BCUT2D eigenvalue weighted by molar-refractivity contribution is 1.34. The first-order valence-corrected chi connectivity index (χ1v) is 8.76. The van der Waals surface area contributed by atoms with Gasteiger partial charge in [0, 0.05) is 23.3 Å². The van der Waals surface area contributed by atoms with E-state index in [4.69, 9.17) is 0 Å². The molecule has 3 aromatic rings. The zero-order chi connectivity index (χ0) is 15.4. The van der Waals surface area contributed by atoms with Crippen molar-refractivity contribution in [3.05, 3.63) is 90.5 Å². The summed E-state index contributed by atoms with van der Waals surface area (Å²) in [4.78, 5) is 0. The molecule has 0 aliphatic rings. The van der Waals surface area contributed by atoms with E-state index in [0.717, 1.165) is 0 Å². The topological polar surface area (TPSA) is 3.24 Å². The van der Waals surface area contributed by atoms with Crippen molar-refractivity contribution in [3.63, 3.8) is 0 Å². The number of nitrogens with zero attached hydrogens (tertiary/aromatic N) is 1. The van der Waals surface area contributed by atoms with E-state index in [9.17, 15) is 0 Å². The van der Waals surface area contributed by atoms with Crippen molar-refractivity contribution >= 4 is 24.4 Å². The van der Waals surface area contributed by atoms with Crippen LogP contribution in [0.4, 0.5) is 5.69 Å². The quantitative estimate of drug-likeness (QED) is 0.642. The second-order valence-electron chi connectivity index (χ2n) is 5.29. The second kappa shape index (κ2) is 6.77. The van der Waals surface area contributed by atoms with E-state index in [0.29, 0.717) is 0 Å². The van der Waals surface area contributed by atoms with Gasteiger partial charge < -0.3 is 4.67 Å². The van der Waals surface area contributed by atoms with E-state index in [1.165, 1.54) is 21.9 Å². The Hall–Kier alpha value is -2.11. The molecule has 1 nitrogen and oxygen atoms in total. The van der Waals surface area contributed by atoms with E-state index < -0.39 is 8.07 Å². The van der Waals surface area contributed by atoms with Crippen LogP contribution < -0.4 is 15.3 Å². The molecule has 0 fully saturated rings. The third kappa shape index (κ3) is 3.05. The van der Waals surface area contributed by atoms with Crippen LogP contribution in [0.1, 0.15) is 5.56 Å². The van der Waals surface area contributed by atoms with Gasteiger partial charge in [0.2, 0.25) is 0 Å². The molecular weight excluding hydrogens is 285 g/mol. The van der Waals surface area contributed by atoms with E-state index in [1.54, 1.807) is 0 Å². The van der Waals surface area contributed by atoms with Gasteiger partial charge in [-0.1, -0.05) is 72.8 Å². The number of aryl methyl sites for hydroxylation is 1.